The zero-order chi connectivity index (χ0) is 15.1. The van der Waals surface area contributed by atoms with Crippen molar-refractivity contribution in [1.29, 1.82) is 0 Å². The lowest BCUT2D eigenvalue weighted by Gasteiger charge is -2.24. The largest absolute Gasteiger partial charge is 0.383 e. The Morgan fingerprint density at radius 2 is 1.86 bits per heavy atom. The fourth-order valence-corrected chi connectivity index (χ4v) is 4.17. The van der Waals surface area contributed by atoms with Gasteiger partial charge in [-0.05, 0) is 31.4 Å². The number of nitrogens with zero attached hydrogens (tertiary/aromatic N) is 2. The molecule has 0 aliphatic carbocycles. The van der Waals surface area contributed by atoms with E-state index in [2.05, 4.69) is 17.2 Å². The lowest BCUT2D eigenvalue weighted by atomic mass is 10.1. The minimum Gasteiger partial charge on any atom is -0.383 e. The van der Waals surface area contributed by atoms with Gasteiger partial charge >= 0.3 is 0 Å². The van der Waals surface area contributed by atoms with Gasteiger partial charge in [0.15, 0.2) is 5.03 Å². The van der Waals surface area contributed by atoms with Gasteiger partial charge in [-0.1, -0.05) is 26.2 Å². The first-order valence-electron chi connectivity index (χ1n) is 7.85. The van der Waals surface area contributed by atoms with Crippen LogP contribution >= 0.6 is 0 Å². The van der Waals surface area contributed by atoms with Crippen molar-refractivity contribution in [3.63, 3.8) is 0 Å². The number of anilines is 1. The summed E-state index contributed by atoms with van der Waals surface area (Å²) in [7, 11) is -3.50. The zero-order valence-corrected chi connectivity index (χ0v) is 13.5. The lowest BCUT2D eigenvalue weighted by molar-refractivity contribution is 0.363. The van der Waals surface area contributed by atoms with E-state index in [4.69, 9.17) is 0 Å². The topological polar surface area (TPSA) is 62.3 Å². The maximum atomic E-state index is 12.9. The van der Waals surface area contributed by atoms with Crippen molar-refractivity contribution in [1.82, 2.24) is 9.29 Å². The lowest BCUT2D eigenvalue weighted by Crippen LogP contribution is -2.34. The molecule has 0 aromatic carbocycles. The molecule has 0 saturated carbocycles. The molecule has 2 heterocycles. The molecule has 5 nitrogen and oxygen atoms in total. The molecular formula is C15H25N3O2S. The molecule has 0 unspecified atom stereocenters. The second-order valence-electron chi connectivity index (χ2n) is 5.45. The summed E-state index contributed by atoms with van der Waals surface area (Å²) in [4.78, 5) is 4.14. The monoisotopic (exact) mass is 311 g/mol. The van der Waals surface area contributed by atoms with E-state index in [-0.39, 0.29) is 5.03 Å². The van der Waals surface area contributed by atoms with Gasteiger partial charge in [0.05, 0.1) is 5.69 Å². The fraction of sp³-hybridized carbons (Fsp3) is 0.667. The summed E-state index contributed by atoms with van der Waals surface area (Å²) < 4.78 is 27.3. The van der Waals surface area contributed by atoms with Gasteiger partial charge in [0, 0.05) is 25.8 Å². The maximum absolute atomic E-state index is 12.9. The number of hydrogen-bond acceptors (Lipinski definition) is 4. The third-order valence-corrected chi connectivity index (χ3v) is 5.59. The van der Waals surface area contributed by atoms with Crippen LogP contribution in [0.1, 0.15) is 45.4 Å². The molecular weight excluding hydrogens is 286 g/mol. The van der Waals surface area contributed by atoms with E-state index >= 15 is 0 Å². The Hall–Kier alpha value is -1.14. The van der Waals surface area contributed by atoms with Crippen LogP contribution in [-0.2, 0) is 10.0 Å². The second-order valence-corrected chi connectivity index (χ2v) is 7.31. The van der Waals surface area contributed by atoms with Crippen molar-refractivity contribution in [3.8, 4) is 0 Å². The van der Waals surface area contributed by atoms with E-state index in [0.717, 1.165) is 38.6 Å². The van der Waals surface area contributed by atoms with Crippen LogP contribution in [0.4, 0.5) is 5.69 Å². The van der Waals surface area contributed by atoms with Crippen LogP contribution in [0.5, 0.6) is 0 Å². The van der Waals surface area contributed by atoms with E-state index in [1.165, 1.54) is 6.42 Å². The zero-order valence-electron chi connectivity index (χ0n) is 12.7. The third-order valence-electron chi connectivity index (χ3n) is 3.74. The predicted molar refractivity (Wildman–Crippen MR) is 84.9 cm³/mol. The second kappa shape index (κ2) is 7.75. The van der Waals surface area contributed by atoms with E-state index in [0.29, 0.717) is 18.8 Å². The number of nitrogens with one attached hydrogen (secondary N) is 1. The molecule has 0 bridgehead atoms. The van der Waals surface area contributed by atoms with Gasteiger partial charge in [-0.3, -0.25) is 0 Å². The molecule has 1 fully saturated rings. The van der Waals surface area contributed by atoms with Crippen LogP contribution in [0.2, 0.25) is 0 Å². The maximum Gasteiger partial charge on any atom is 0.262 e. The van der Waals surface area contributed by atoms with Crippen LogP contribution in [0, 0.1) is 0 Å². The Kier molecular flexibility index (Phi) is 5.99. The first-order valence-corrected chi connectivity index (χ1v) is 9.29. The summed E-state index contributed by atoms with van der Waals surface area (Å²) in [5, 5.41) is 3.33. The van der Waals surface area contributed by atoms with Crippen LogP contribution in [0.15, 0.2) is 23.4 Å². The summed E-state index contributed by atoms with van der Waals surface area (Å²) in [6.07, 6.45) is 7.78. The van der Waals surface area contributed by atoms with Crippen molar-refractivity contribution in [3.05, 3.63) is 18.3 Å². The first kappa shape index (κ1) is 16.2. The van der Waals surface area contributed by atoms with E-state index < -0.39 is 10.0 Å². The molecule has 2 rings (SSSR count). The first-order chi connectivity index (χ1) is 10.2. The van der Waals surface area contributed by atoms with Crippen LogP contribution in [0.3, 0.4) is 0 Å². The normalized spacial score (nSPS) is 18.0. The summed E-state index contributed by atoms with van der Waals surface area (Å²) in [6.45, 7) is 4.00. The Balaban J connectivity index is 2.25. The van der Waals surface area contributed by atoms with Crippen molar-refractivity contribution in [2.24, 2.45) is 0 Å². The molecule has 118 valence electrons. The number of pyridine rings is 1. The summed E-state index contributed by atoms with van der Waals surface area (Å²) in [5.74, 6) is 0. The van der Waals surface area contributed by atoms with Crippen molar-refractivity contribution in [2.45, 2.75) is 50.5 Å². The highest BCUT2D eigenvalue weighted by Crippen LogP contribution is 2.24. The molecule has 0 spiro atoms. The van der Waals surface area contributed by atoms with Crippen molar-refractivity contribution >= 4 is 15.7 Å². The molecule has 21 heavy (non-hydrogen) atoms. The molecule has 1 N–H and O–H groups in total. The van der Waals surface area contributed by atoms with Gasteiger partial charge in [-0.25, -0.2) is 13.4 Å². The SMILES string of the molecule is CCCNc1cccnc1S(=O)(=O)N1CCCCCCC1. The van der Waals surface area contributed by atoms with Crippen molar-refractivity contribution < 1.29 is 8.42 Å². The predicted octanol–water partition coefficient (Wildman–Crippen LogP) is 2.86. The van der Waals surface area contributed by atoms with Gasteiger partial charge in [-0.2, -0.15) is 4.31 Å². The molecule has 6 heteroatoms. The number of sulfonamides is 1. The minimum atomic E-state index is -3.50. The van der Waals surface area contributed by atoms with E-state index in [1.807, 2.05) is 0 Å². The molecule has 1 aliphatic rings. The highest BCUT2D eigenvalue weighted by Gasteiger charge is 2.28. The van der Waals surface area contributed by atoms with Gasteiger partial charge in [0.2, 0.25) is 0 Å². The molecule has 0 radical (unpaired) electrons. The third kappa shape index (κ3) is 4.17. The highest BCUT2D eigenvalue weighted by atomic mass is 32.2. The van der Waals surface area contributed by atoms with Crippen LogP contribution in [0.25, 0.3) is 0 Å². The van der Waals surface area contributed by atoms with E-state index in [1.54, 1.807) is 22.6 Å². The highest BCUT2D eigenvalue weighted by molar-refractivity contribution is 7.89. The summed E-state index contributed by atoms with van der Waals surface area (Å²) in [5.41, 5.74) is 0.612. The average Bonchev–Trinajstić information content (AvgIpc) is 2.44. The molecule has 0 amide bonds. The molecule has 0 atom stereocenters. The van der Waals surface area contributed by atoms with E-state index in [9.17, 15) is 8.42 Å². The number of aromatic nitrogens is 1. The quantitative estimate of drug-likeness (QED) is 0.908. The Labute approximate surface area is 127 Å². The molecule has 1 saturated heterocycles. The average molecular weight is 311 g/mol. The smallest absolute Gasteiger partial charge is 0.262 e. The number of hydrogen-bond donors (Lipinski definition) is 1. The molecule has 1 aromatic heterocycles. The van der Waals surface area contributed by atoms with Gasteiger partial charge in [-0.15, -0.1) is 0 Å². The van der Waals surface area contributed by atoms with Crippen molar-refractivity contribution in [2.75, 3.05) is 25.0 Å². The summed E-state index contributed by atoms with van der Waals surface area (Å²) in [6, 6.07) is 3.56. The van der Waals surface area contributed by atoms with Gasteiger partial charge in [0.1, 0.15) is 0 Å². The van der Waals surface area contributed by atoms with Gasteiger partial charge in [0.25, 0.3) is 10.0 Å². The molecule has 1 aromatic rings. The fourth-order valence-electron chi connectivity index (χ4n) is 2.57. The standard InChI is InChI=1S/C15H25N3O2S/c1-2-10-16-14-9-8-11-17-15(14)21(19,20)18-12-6-4-3-5-7-13-18/h8-9,11,16H,2-7,10,12-13H2,1H3. The Morgan fingerprint density at radius 1 is 1.19 bits per heavy atom. The minimum absolute atomic E-state index is 0.166. The Bertz CT molecular complexity index is 538. The summed E-state index contributed by atoms with van der Waals surface area (Å²) >= 11 is 0. The van der Waals surface area contributed by atoms with Crippen LogP contribution < -0.4 is 5.32 Å². The van der Waals surface area contributed by atoms with Gasteiger partial charge < -0.3 is 5.32 Å². The number of rotatable bonds is 5. The van der Waals surface area contributed by atoms with Crippen LogP contribution in [-0.4, -0.2) is 37.3 Å². The molecule has 1 aliphatic heterocycles. The Morgan fingerprint density at radius 3 is 2.52 bits per heavy atom.